The number of nitrogens with one attached hydrogen (secondary N) is 2. The first kappa shape index (κ1) is 12.3. The molecule has 4 heteroatoms. The smallest absolute Gasteiger partial charge is 0.407 e. The third-order valence-electron chi connectivity index (χ3n) is 5.03. The van der Waals surface area contributed by atoms with Gasteiger partial charge in [0.05, 0.1) is 6.61 Å². The number of amides is 1. The van der Waals surface area contributed by atoms with E-state index in [1.165, 1.54) is 32.4 Å². The molecule has 4 nitrogen and oxygen atoms in total. The molecule has 1 aliphatic heterocycles. The minimum Gasteiger partial charge on any atom is -0.450 e. The second-order valence-corrected chi connectivity index (χ2v) is 6.34. The Morgan fingerprint density at radius 1 is 1.33 bits per heavy atom. The third kappa shape index (κ3) is 2.22. The lowest BCUT2D eigenvalue weighted by Crippen LogP contribution is -2.30. The standard InChI is InChI=1S/C14H24N2O2/c1-2-3-4-18-13(17)16-12-7-14(12)5-10-8-15-9-11(10)6-14/h10-12,15H,2-9H2,1H3,(H,16,17). The molecule has 0 bridgehead atoms. The van der Waals surface area contributed by atoms with Crippen molar-refractivity contribution in [2.45, 2.75) is 45.1 Å². The van der Waals surface area contributed by atoms with Crippen molar-refractivity contribution in [3.05, 3.63) is 0 Å². The third-order valence-corrected chi connectivity index (χ3v) is 5.03. The first-order valence-electron chi connectivity index (χ1n) is 7.37. The monoisotopic (exact) mass is 252 g/mol. The first-order chi connectivity index (χ1) is 8.73. The van der Waals surface area contributed by atoms with E-state index in [-0.39, 0.29) is 6.09 Å². The molecule has 0 radical (unpaired) electrons. The number of hydrogen-bond acceptors (Lipinski definition) is 3. The predicted octanol–water partition coefficient (Wildman–Crippen LogP) is 1.90. The van der Waals surface area contributed by atoms with E-state index < -0.39 is 0 Å². The maximum Gasteiger partial charge on any atom is 0.407 e. The Labute approximate surface area is 109 Å². The molecule has 2 saturated carbocycles. The Morgan fingerprint density at radius 3 is 2.72 bits per heavy atom. The summed E-state index contributed by atoms with van der Waals surface area (Å²) in [6.45, 7) is 5.01. The average molecular weight is 252 g/mol. The van der Waals surface area contributed by atoms with E-state index >= 15 is 0 Å². The molecule has 3 unspecified atom stereocenters. The Balaban J connectivity index is 1.43. The van der Waals surface area contributed by atoms with Crippen molar-refractivity contribution in [1.29, 1.82) is 0 Å². The van der Waals surface area contributed by atoms with Crippen LogP contribution in [0.25, 0.3) is 0 Å². The number of carbonyl (C=O) groups is 1. The van der Waals surface area contributed by atoms with Gasteiger partial charge in [-0.05, 0) is 56.0 Å². The van der Waals surface area contributed by atoms with Crippen LogP contribution in [0.3, 0.4) is 0 Å². The molecule has 1 spiro atoms. The van der Waals surface area contributed by atoms with Crippen molar-refractivity contribution in [1.82, 2.24) is 10.6 Å². The summed E-state index contributed by atoms with van der Waals surface area (Å²) >= 11 is 0. The van der Waals surface area contributed by atoms with E-state index in [2.05, 4.69) is 17.6 Å². The number of carbonyl (C=O) groups excluding carboxylic acids is 1. The summed E-state index contributed by atoms with van der Waals surface area (Å²) in [4.78, 5) is 11.6. The summed E-state index contributed by atoms with van der Waals surface area (Å²) < 4.78 is 5.17. The molecule has 1 amide bonds. The van der Waals surface area contributed by atoms with E-state index in [9.17, 15) is 4.79 Å². The number of alkyl carbamates (subject to hydrolysis) is 1. The number of hydrogen-bond donors (Lipinski definition) is 2. The van der Waals surface area contributed by atoms with Crippen molar-refractivity contribution < 1.29 is 9.53 Å². The fourth-order valence-electron chi connectivity index (χ4n) is 3.89. The van der Waals surface area contributed by atoms with Crippen molar-refractivity contribution in [3.63, 3.8) is 0 Å². The zero-order chi connectivity index (χ0) is 12.6. The Kier molecular flexibility index (Phi) is 3.22. The first-order valence-corrected chi connectivity index (χ1v) is 7.37. The Bertz CT molecular complexity index is 320. The number of unbranched alkanes of at least 4 members (excludes halogenated alkanes) is 1. The van der Waals surface area contributed by atoms with Crippen LogP contribution in [-0.2, 0) is 4.74 Å². The van der Waals surface area contributed by atoms with E-state index in [1.54, 1.807) is 0 Å². The molecule has 0 aromatic rings. The van der Waals surface area contributed by atoms with Crippen molar-refractivity contribution in [2.24, 2.45) is 17.3 Å². The van der Waals surface area contributed by atoms with Gasteiger partial charge in [0.2, 0.25) is 0 Å². The highest BCUT2D eigenvalue weighted by Crippen LogP contribution is 2.62. The van der Waals surface area contributed by atoms with Gasteiger partial charge in [0.15, 0.2) is 0 Å². The van der Waals surface area contributed by atoms with Crippen LogP contribution in [-0.4, -0.2) is 31.8 Å². The predicted molar refractivity (Wildman–Crippen MR) is 69.3 cm³/mol. The average Bonchev–Trinajstić information content (AvgIpc) is 2.67. The maximum atomic E-state index is 11.6. The Morgan fingerprint density at radius 2 is 2.06 bits per heavy atom. The van der Waals surface area contributed by atoms with E-state index in [4.69, 9.17) is 4.74 Å². The highest BCUT2D eigenvalue weighted by Gasteiger charge is 2.61. The highest BCUT2D eigenvalue weighted by molar-refractivity contribution is 5.68. The normalized spacial score (nSPS) is 40.8. The largest absolute Gasteiger partial charge is 0.450 e. The fraction of sp³-hybridized carbons (Fsp3) is 0.929. The summed E-state index contributed by atoms with van der Waals surface area (Å²) in [5, 5.41) is 6.52. The van der Waals surface area contributed by atoms with Crippen LogP contribution >= 0.6 is 0 Å². The van der Waals surface area contributed by atoms with E-state index in [0.29, 0.717) is 18.1 Å². The molecular weight excluding hydrogens is 228 g/mol. The van der Waals surface area contributed by atoms with Crippen LogP contribution in [0.2, 0.25) is 0 Å². The lowest BCUT2D eigenvalue weighted by molar-refractivity contribution is 0.142. The molecule has 2 aliphatic carbocycles. The fourth-order valence-corrected chi connectivity index (χ4v) is 3.89. The Hall–Kier alpha value is -0.770. The quantitative estimate of drug-likeness (QED) is 0.751. The van der Waals surface area contributed by atoms with Crippen LogP contribution in [0.15, 0.2) is 0 Å². The molecule has 3 fully saturated rings. The van der Waals surface area contributed by atoms with Crippen LogP contribution < -0.4 is 10.6 Å². The SMILES string of the molecule is CCCCOC(=O)NC1CC12CC1CNCC1C2. The minimum absolute atomic E-state index is 0.208. The van der Waals surface area contributed by atoms with Gasteiger partial charge >= 0.3 is 6.09 Å². The highest BCUT2D eigenvalue weighted by atomic mass is 16.5. The van der Waals surface area contributed by atoms with Crippen LogP contribution in [0.1, 0.15) is 39.0 Å². The molecule has 1 heterocycles. The topological polar surface area (TPSA) is 50.4 Å². The summed E-state index contributed by atoms with van der Waals surface area (Å²) in [7, 11) is 0. The number of rotatable bonds is 4. The van der Waals surface area contributed by atoms with Crippen molar-refractivity contribution in [2.75, 3.05) is 19.7 Å². The second-order valence-electron chi connectivity index (χ2n) is 6.34. The number of ether oxygens (including phenoxy) is 1. The summed E-state index contributed by atoms with van der Waals surface area (Å²) in [5.41, 5.74) is 0.432. The molecular formula is C14H24N2O2. The molecule has 2 N–H and O–H groups in total. The van der Waals surface area contributed by atoms with Gasteiger partial charge in [-0.1, -0.05) is 13.3 Å². The van der Waals surface area contributed by atoms with Crippen molar-refractivity contribution in [3.8, 4) is 0 Å². The van der Waals surface area contributed by atoms with Gasteiger partial charge in [0, 0.05) is 6.04 Å². The summed E-state index contributed by atoms with van der Waals surface area (Å²) in [6.07, 6.45) is 5.58. The van der Waals surface area contributed by atoms with Gasteiger partial charge in [-0.15, -0.1) is 0 Å². The molecule has 3 rings (SSSR count). The van der Waals surface area contributed by atoms with E-state index in [0.717, 1.165) is 24.7 Å². The summed E-state index contributed by atoms with van der Waals surface area (Å²) in [5.74, 6) is 1.71. The van der Waals surface area contributed by atoms with Gasteiger partial charge < -0.3 is 15.4 Å². The van der Waals surface area contributed by atoms with Crippen LogP contribution in [0, 0.1) is 17.3 Å². The molecule has 3 atom stereocenters. The van der Waals surface area contributed by atoms with Crippen LogP contribution in [0.4, 0.5) is 4.79 Å². The molecule has 3 aliphatic rings. The zero-order valence-electron chi connectivity index (χ0n) is 11.2. The molecule has 0 aromatic heterocycles. The van der Waals surface area contributed by atoms with Crippen molar-refractivity contribution >= 4 is 6.09 Å². The van der Waals surface area contributed by atoms with E-state index in [1.807, 2.05) is 0 Å². The maximum absolute atomic E-state index is 11.6. The van der Waals surface area contributed by atoms with Crippen LogP contribution in [0.5, 0.6) is 0 Å². The molecule has 102 valence electrons. The minimum atomic E-state index is -0.208. The molecule has 0 aromatic carbocycles. The van der Waals surface area contributed by atoms with Gasteiger partial charge in [0.1, 0.15) is 0 Å². The zero-order valence-corrected chi connectivity index (χ0v) is 11.2. The lowest BCUT2D eigenvalue weighted by Gasteiger charge is -2.12. The second kappa shape index (κ2) is 4.72. The van der Waals surface area contributed by atoms with Gasteiger partial charge in [0.25, 0.3) is 0 Å². The molecule has 18 heavy (non-hydrogen) atoms. The van der Waals surface area contributed by atoms with Gasteiger partial charge in [-0.2, -0.15) is 0 Å². The summed E-state index contributed by atoms with van der Waals surface area (Å²) in [6, 6.07) is 0.386. The lowest BCUT2D eigenvalue weighted by atomic mass is 10.0. The molecule has 1 saturated heterocycles. The van der Waals surface area contributed by atoms with Gasteiger partial charge in [-0.3, -0.25) is 0 Å². The van der Waals surface area contributed by atoms with Gasteiger partial charge in [-0.25, -0.2) is 4.79 Å². The number of fused-ring (bicyclic) bond motifs is 1.